The van der Waals surface area contributed by atoms with Gasteiger partial charge in [0.1, 0.15) is 6.29 Å². The molecule has 9 heteroatoms. The van der Waals surface area contributed by atoms with Gasteiger partial charge in [-0.15, -0.1) is 0 Å². The molecule has 150 valence electrons. The highest BCUT2D eigenvalue weighted by Gasteiger charge is 2.20. The van der Waals surface area contributed by atoms with E-state index in [9.17, 15) is 18.0 Å². The summed E-state index contributed by atoms with van der Waals surface area (Å²) in [6.45, 7) is 5.36. The Morgan fingerprint density at radius 1 is 1.18 bits per heavy atom. The van der Waals surface area contributed by atoms with Crippen LogP contribution in [-0.2, 0) is 21.2 Å². The molecule has 2 heterocycles. The summed E-state index contributed by atoms with van der Waals surface area (Å²) in [6, 6.07) is 1.66. The third kappa shape index (κ3) is 5.41. The minimum absolute atomic E-state index is 0.0757. The Kier molecular flexibility index (Phi) is 7.33. The van der Waals surface area contributed by atoms with Crippen molar-refractivity contribution in [2.45, 2.75) is 46.5 Å². The average Bonchev–Trinajstić information content (AvgIpc) is 2.67. The van der Waals surface area contributed by atoms with E-state index in [-0.39, 0.29) is 29.5 Å². The fourth-order valence-corrected chi connectivity index (χ4v) is 3.10. The molecule has 0 atom stereocenters. The SMILES string of the molecule is CCCCc1cnc(NS(=O)(=O)CC)nc1-c1ncc(C)cc1C(=O)CC=O. The van der Waals surface area contributed by atoms with E-state index in [4.69, 9.17) is 0 Å². The van der Waals surface area contributed by atoms with Crippen LogP contribution in [0.5, 0.6) is 0 Å². The lowest BCUT2D eigenvalue weighted by molar-refractivity contribution is -0.107. The van der Waals surface area contributed by atoms with Crippen LogP contribution < -0.4 is 4.72 Å². The zero-order chi connectivity index (χ0) is 20.7. The van der Waals surface area contributed by atoms with Gasteiger partial charge in [-0.2, -0.15) is 0 Å². The summed E-state index contributed by atoms with van der Waals surface area (Å²) in [5.41, 5.74) is 2.54. The van der Waals surface area contributed by atoms with Crippen molar-refractivity contribution < 1.29 is 18.0 Å². The van der Waals surface area contributed by atoms with E-state index in [1.54, 1.807) is 25.4 Å². The van der Waals surface area contributed by atoms with E-state index < -0.39 is 10.0 Å². The molecule has 2 aromatic rings. The normalized spacial score (nSPS) is 11.2. The monoisotopic (exact) mass is 404 g/mol. The van der Waals surface area contributed by atoms with Gasteiger partial charge in [-0.3, -0.25) is 14.5 Å². The number of nitrogens with zero attached hydrogens (tertiary/aromatic N) is 3. The van der Waals surface area contributed by atoms with Gasteiger partial charge < -0.3 is 4.79 Å². The molecule has 0 amide bonds. The minimum Gasteiger partial charge on any atom is -0.303 e. The van der Waals surface area contributed by atoms with Gasteiger partial charge in [0.2, 0.25) is 16.0 Å². The zero-order valence-electron chi connectivity index (χ0n) is 16.2. The molecule has 0 saturated carbocycles. The molecular formula is C19H24N4O4S. The van der Waals surface area contributed by atoms with Crippen LogP contribution in [0, 0.1) is 6.92 Å². The van der Waals surface area contributed by atoms with Crippen LogP contribution in [0.25, 0.3) is 11.4 Å². The van der Waals surface area contributed by atoms with Gasteiger partial charge in [0.25, 0.3) is 0 Å². The number of sulfonamides is 1. The van der Waals surface area contributed by atoms with Crippen LogP contribution in [-0.4, -0.2) is 41.2 Å². The summed E-state index contributed by atoms with van der Waals surface area (Å²) in [7, 11) is -3.55. The maximum atomic E-state index is 12.5. The Hall–Kier alpha value is -2.68. The molecule has 0 saturated heterocycles. The summed E-state index contributed by atoms with van der Waals surface area (Å²) in [6.07, 6.45) is 5.93. The molecule has 28 heavy (non-hydrogen) atoms. The number of hydrogen-bond donors (Lipinski definition) is 1. The number of anilines is 1. The first kappa shape index (κ1) is 21.6. The predicted octanol–water partition coefficient (Wildman–Crippen LogP) is 2.72. The number of nitrogens with one attached hydrogen (secondary N) is 1. The van der Waals surface area contributed by atoms with Crippen molar-refractivity contribution in [1.82, 2.24) is 15.0 Å². The van der Waals surface area contributed by atoms with Crippen molar-refractivity contribution in [3.05, 3.63) is 35.2 Å². The molecule has 8 nitrogen and oxygen atoms in total. The number of pyridine rings is 1. The number of hydrogen-bond acceptors (Lipinski definition) is 7. The zero-order valence-corrected chi connectivity index (χ0v) is 17.0. The molecule has 0 aliphatic heterocycles. The molecule has 0 radical (unpaired) electrons. The van der Waals surface area contributed by atoms with E-state index >= 15 is 0 Å². The van der Waals surface area contributed by atoms with Crippen LogP contribution in [0.3, 0.4) is 0 Å². The first-order chi connectivity index (χ1) is 13.3. The van der Waals surface area contributed by atoms with Crippen molar-refractivity contribution in [3.63, 3.8) is 0 Å². The van der Waals surface area contributed by atoms with Crippen LogP contribution in [0.4, 0.5) is 5.95 Å². The van der Waals surface area contributed by atoms with E-state index in [2.05, 4.69) is 19.7 Å². The highest BCUT2D eigenvalue weighted by molar-refractivity contribution is 7.92. The lowest BCUT2D eigenvalue weighted by Crippen LogP contribution is -2.17. The number of carbonyl (C=O) groups excluding carboxylic acids is 2. The number of rotatable bonds is 10. The van der Waals surface area contributed by atoms with Crippen LogP contribution >= 0.6 is 0 Å². The quantitative estimate of drug-likeness (QED) is 0.367. The average molecular weight is 404 g/mol. The number of unbranched alkanes of at least 4 members (excludes halogenated alkanes) is 1. The summed E-state index contributed by atoms with van der Waals surface area (Å²) >= 11 is 0. The summed E-state index contributed by atoms with van der Waals surface area (Å²) in [5.74, 6) is -0.556. The molecule has 0 unspecified atom stereocenters. The van der Waals surface area contributed by atoms with Crippen LogP contribution in [0.2, 0.25) is 0 Å². The fourth-order valence-electron chi connectivity index (χ4n) is 2.58. The second-order valence-corrected chi connectivity index (χ2v) is 8.39. The molecular weight excluding hydrogens is 380 g/mol. The van der Waals surface area contributed by atoms with Gasteiger partial charge in [-0.25, -0.2) is 18.4 Å². The van der Waals surface area contributed by atoms with Crippen molar-refractivity contribution in [3.8, 4) is 11.4 Å². The molecule has 2 rings (SSSR count). The molecule has 1 N–H and O–H groups in total. The highest BCUT2D eigenvalue weighted by atomic mass is 32.2. The van der Waals surface area contributed by atoms with Gasteiger partial charge >= 0.3 is 0 Å². The third-order valence-electron chi connectivity index (χ3n) is 4.11. The van der Waals surface area contributed by atoms with Gasteiger partial charge in [0.15, 0.2) is 5.78 Å². The first-order valence-corrected chi connectivity index (χ1v) is 10.8. The standard InChI is InChI=1S/C19H24N4O4S/c1-4-6-7-14-12-21-19(23-28(26,27)5-2)22-17(14)18-15(16(25)8-9-24)10-13(3)11-20-18/h9-12H,4-8H2,1-3H3,(H,21,22,23). The third-order valence-corrected chi connectivity index (χ3v) is 5.36. The summed E-state index contributed by atoms with van der Waals surface area (Å²) in [4.78, 5) is 36.1. The van der Waals surface area contributed by atoms with Crippen molar-refractivity contribution in [2.24, 2.45) is 0 Å². The minimum atomic E-state index is -3.55. The van der Waals surface area contributed by atoms with E-state index in [0.29, 0.717) is 24.1 Å². The second-order valence-electron chi connectivity index (χ2n) is 6.38. The van der Waals surface area contributed by atoms with Gasteiger partial charge in [-0.1, -0.05) is 13.3 Å². The number of aldehydes is 1. The Labute approximate surface area is 164 Å². The first-order valence-electron chi connectivity index (χ1n) is 9.11. The number of aromatic nitrogens is 3. The van der Waals surface area contributed by atoms with E-state index in [0.717, 1.165) is 24.0 Å². The molecule has 2 aromatic heterocycles. The summed E-state index contributed by atoms with van der Waals surface area (Å²) in [5, 5.41) is 0. The Morgan fingerprint density at radius 3 is 2.57 bits per heavy atom. The van der Waals surface area contributed by atoms with Gasteiger partial charge in [-0.05, 0) is 43.9 Å². The van der Waals surface area contributed by atoms with Crippen LogP contribution in [0.1, 0.15) is 54.6 Å². The highest BCUT2D eigenvalue weighted by Crippen LogP contribution is 2.27. The Balaban J connectivity index is 2.63. The van der Waals surface area contributed by atoms with Gasteiger partial charge in [0, 0.05) is 18.0 Å². The van der Waals surface area contributed by atoms with Crippen molar-refractivity contribution in [1.29, 1.82) is 0 Å². The molecule has 0 spiro atoms. The lowest BCUT2D eigenvalue weighted by atomic mass is 9.99. The second kappa shape index (κ2) is 9.50. The van der Waals surface area contributed by atoms with Crippen LogP contribution in [0.15, 0.2) is 18.5 Å². The predicted molar refractivity (Wildman–Crippen MR) is 107 cm³/mol. The number of carbonyl (C=O) groups is 2. The molecule has 0 bridgehead atoms. The number of Topliss-reactive ketones (excluding diaryl/α,β-unsaturated/α-hetero) is 1. The van der Waals surface area contributed by atoms with E-state index in [1.165, 1.54) is 6.92 Å². The molecule has 0 aliphatic rings. The number of aryl methyl sites for hydroxylation is 2. The Morgan fingerprint density at radius 2 is 1.93 bits per heavy atom. The largest absolute Gasteiger partial charge is 0.303 e. The maximum Gasteiger partial charge on any atom is 0.237 e. The van der Waals surface area contributed by atoms with Gasteiger partial charge in [0.05, 0.1) is 23.6 Å². The smallest absolute Gasteiger partial charge is 0.237 e. The van der Waals surface area contributed by atoms with E-state index in [1.807, 2.05) is 6.92 Å². The lowest BCUT2D eigenvalue weighted by Gasteiger charge is -2.13. The molecule has 0 aliphatic carbocycles. The molecule has 0 fully saturated rings. The molecule has 0 aromatic carbocycles. The fraction of sp³-hybridized carbons (Fsp3) is 0.421. The van der Waals surface area contributed by atoms with Crippen molar-refractivity contribution in [2.75, 3.05) is 10.5 Å². The summed E-state index contributed by atoms with van der Waals surface area (Å²) < 4.78 is 26.1. The Bertz CT molecular complexity index is 974. The van der Waals surface area contributed by atoms with Crippen molar-refractivity contribution >= 4 is 28.0 Å². The number of ketones is 1. The maximum absolute atomic E-state index is 12.5. The topological polar surface area (TPSA) is 119 Å².